The first-order valence-electron chi connectivity index (χ1n) is 8.26. The molecule has 0 atom stereocenters. The van der Waals surface area contributed by atoms with Gasteiger partial charge in [0.1, 0.15) is 11.5 Å². The van der Waals surface area contributed by atoms with E-state index in [0.29, 0.717) is 22.5 Å². The van der Waals surface area contributed by atoms with Crippen LogP contribution in [0.1, 0.15) is 33.3 Å². The first-order valence-corrected chi connectivity index (χ1v) is 9.06. The van der Waals surface area contributed by atoms with Crippen LogP contribution in [-0.4, -0.2) is 22.9 Å². The van der Waals surface area contributed by atoms with Gasteiger partial charge in [-0.15, -0.1) is 0 Å². The number of hydrogen-bond acceptors (Lipinski definition) is 5. The number of Topliss-reactive ketones (excluding diaryl/α,β-unsaturated/α-hetero) is 1. The van der Waals surface area contributed by atoms with Crippen molar-refractivity contribution < 1.29 is 23.2 Å². The van der Waals surface area contributed by atoms with Crippen molar-refractivity contribution in [1.29, 1.82) is 0 Å². The van der Waals surface area contributed by atoms with Crippen LogP contribution < -0.4 is 0 Å². The number of rotatable bonds is 7. The molecule has 0 saturated heterocycles. The fourth-order valence-electron chi connectivity index (χ4n) is 2.72. The number of nitrogens with zero attached hydrogens (tertiary/aromatic N) is 1. The second-order valence-electron chi connectivity index (χ2n) is 5.96. The number of aromatic nitrogens is 1. The molecule has 0 aliphatic carbocycles. The Morgan fingerprint density at radius 2 is 2.07 bits per heavy atom. The molecule has 3 heterocycles. The molecule has 0 radical (unpaired) electrons. The summed E-state index contributed by atoms with van der Waals surface area (Å²) in [7, 11) is 0. The van der Waals surface area contributed by atoms with Crippen LogP contribution in [0.25, 0.3) is 6.08 Å². The van der Waals surface area contributed by atoms with E-state index in [-0.39, 0.29) is 12.4 Å². The van der Waals surface area contributed by atoms with Gasteiger partial charge in [-0.1, -0.05) is 0 Å². The topological polar surface area (TPSA) is 74.6 Å². The molecule has 7 heteroatoms. The van der Waals surface area contributed by atoms with E-state index in [0.717, 1.165) is 17.1 Å². The molecule has 0 amide bonds. The Labute approximate surface area is 164 Å². The van der Waals surface area contributed by atoms with Gasteiger partial charge in [-0.3, -0.25) is 4.79 Å². The average molecular weight is 432 g/mol. The molecule has 27 heavy (non-hydrogen) atoms. The third kappa shape index (κ3) is 4.68. The van der Waals surface area contributed by atoms with Gasteiger partial charge in [-0.2, -0.15) is 0 Å². The maximum atomic E-state index is 12.5. The van der Waals surface area contributed by atoms with Crippen molar-refractivity contribution in [1.82, 2.24) is 4.57 Å². The molecule has 0 aromatic carbocycles. The maximum Gasteiger partial charge on any atom is 0.331 e. The van der Waals surface area contributed by atoms with Crippen LogP contribution in [0.15, 0.2) is 56.2 Å². The fraction of sp³-hybridized carbons (Fsp3) is 0.200. The maximum absolute atomic E-state index is 12.5. The smallest absolute Gasteiger partial charge is 0.331 e. The number of furan rings is 2. The van der Waals surface area contributed by atoms with Crippen LogP contribution in [0, 0.1) is 13.8 Å². The van der Waals surface area contributed by atoms with Crippen molar-refractivity contribution >= 4 is 33.8 Å². The van der Waals surface area contributed by atoms with E-state index < -0.39 is 5.97 Å². The highest BCUT2D eigenvalue weighted by Gasteiger charge is 2.17. The summed E-state index contributed by atoms with van der Waals surface area (Å²) in [5, 5.41) is 0. The number of ether oxygens (including phenoxy) is 1. The summed E-state index contributed by atoms with van der Waals surface area (Å²) in [6.07, 6.45) is 4.31. The number of aryl methyl sites for hydroxylation is 1. The molecule has 3 aromatic heterocycles. The van der Waals surface area contributed by atoms with Gasteiger partial charge in [0.05, 0.1) is 12.8 Å². The Morgan fingerprint density at radius 1 is 1.26 bits per heavy atom. The van der Waals surface area contributed by atoms with E-state index >= 15 is 0 Å². The molecule has 0 aliphatic heterocycles. The van der Waals surface area contributed by atoms with Gasteiger partial charge in [0.2, 0.25) is 5.78 Å². The molecule has 0 spiro atoms. The molecular formula is C20H18BrNO5. The molecule has 0 fully saturated rings. The zero-order valence-corrected chi connectivity index (χ0v) is 16.5. The van der Waals surface area contributed by atoms with E-state index in [2.05, 4.69) is 15.9 Å². The molecule has 6 nitrogen and oxygen atoms in total. The third-order valence-electron chi connectivity index (χ3n) is 4.09. The van der Waals surface area contributed by atoms with Crippen molar-refractivity contribution in [2.24, 2.45) is 0 Å². The van der Waals surface area contributed by atoms with E-state index in [9.17, 15) is 9.59 Å². The third-order valence-corrected chi connectivity index (χ3v) is 4.52. The van der Waals surface area contributed by atoms with Crippen molar-refractivity contribution in [2.75, 3.05) is 6.61 Å². The Morgan fingerprint density at radius 3 is 2.74 bits per heavy atom. The summed E-state index contributed by atoms with van der Waals surface area (Å²) < 4.78 is 18.2. The summed E-state index contributed by atoms with van der Waals surface area (Å²) in [6, 6.07) is 8.92. The highest BCUT2D eigenvalue weighted by atomic mass is 79.9. The van der Waals surface area contributed by atoms with E-state index in [1.54, 1.807) is 24.5 Å². The molecular weight excluding hydrogens is 414 g/mol. The Bertz CT molecular complexity index is 978. The van der Waals surface area contributed by atoms with Crippen LogP contribution in [0.2, 0.25) is 0 Å². The summed E-state index contributed by atoms with van der Waals surface area (Å²) in [5.41, 5.74) is 2.27. The Balaban J connectivity index is 1.61. The summed E-state index contributed by atoms with van der Waals surface area (Å²) >= 11 is 3.18. The van der Waals surface area contributed by atoms with Gasteiger partial charge in [0.15, 0.2) is 11.3 Å². The second-order valence-corrected chi connectivity index (χ2v) is 6.74. The molecule has 0 N–H and O–H groups in total. The number of halogens is 1. The highest BCUT2D eigenvalue weighted by molar-refractivity contribution is 9.10. The van der Waals surface area contributed by atoms with Gasteiger partial charge in [0.25, 0.3) is 0 Å². The van der Waals surface area contributed by atoms with E-state index in [1.807, 2.05) is 30.5 Å². The standard InChI is InChI=1S/C20H18BrNO5/c1-13-10-17(14(2)22(13)11-16-4-3-9-25-16)18(23)12-26-20(24)8-6-15-5-7-19(21)27-15/h3-10H,11-12H2,1-2H3/b8-6+. The van der Waals surface area contributed by atoms with Gasteiger partial charge in [-0.25, -0.2) is 4.79 Å². The molecule has 3 aromatic rings. The molecule has 0 aliphatic rings. The Hall–Kier alpha value is -2.80. The van der Waals surface area contributed by atoms with Crippen molar-refractivity contribution in [3.63, 3.8) is 0 Å². The van der Waals surface area contributed by atoms with Crippen molar-refractivity contribution in [3.05, 3.63) is 75.8 Å². The summed E-state index contributed by atoms with van der Waals surface area (Å²) in [6.45, 7) is 4.00. The number of carbonyl (C=O) groups is 2. The van der Waals surface area contributed by atoms with E-state index in [1.165, 1.54) is 12.2 Å². The minimum Gasteiger partial charge on any atom is -0.467 e. The molecule has 3 rings (SSSR count). The first-order chi connectivity index (χ1) is 12.9. The zero-order valence-electron chi connectivity index (χ0n) is 14.9. The minimum atomic E-state index is -0.611. The van der Waals surface area contributed by atoms with Crippen molar-refractivity contribution in [3.8, 4) is 0 Å². The average Bonchev–Trinajstić information content (AvgIpc) is 3.36. The number of carbonyl (C=O) groups excluding carboxylic acids is 2. The van der Waals surface area contributed by atoms with Gasteiger partial charge < -0.3 is 18.1 Å². The van der Waals surface area contributed by atoms with Gasteiger partial charge >= 0.3 is 5.97 Å². The Kier molecular flexibility index (Phi) is 5.81. The van der Waals surface area contributed by atoms with Gasteiger partial charge in [0, 0.05) is 23.0 Å². The predicted octanol–water partition coefficient (Wildman–Crippen LogP) is 4.54. The second kappa shape index (κ2) is 8.26. The normalized spacial score (nSPS) is 11.2. The van der Waals surface area contributed by atoms with E-state index in [4.69, 9.17) is 13.6 Å². The molecule has 140 valence electrons. The number of ketones is 1. The summed E-state index contributed by atoms with van der Waals surface area (Å²) in [4.78, 5) is 24.2. The quantitative estimate of drug-likeness (QED) is 0.311. The minimum absolute atomic E-state index is 0.253. The SMILES string of the molecule is Cc1cc(C(=O)COC(=O)/C=C/c2ccc(Br)o2)c(C)n1Cc1ccco1. The predicted molar refractivity (Wildman–Crippen MR) is 102 cm³/mol. The van der Waals surface area contributed by atoms with Crippen molar-refractivity contribution in [2.45, 2.75) is 20.4 Å². The summed E-state index contributed by atoms with van der Waals surface area (Å²) in [5.74, 6) is 0.445. The van der Waals surface area contributed by atoms with Crippen LogP contribution >= 0.6 is 15.9 Å². The van der Waals surface area contributed by atoms with Crippen LogP contribution in [-0.2, 0) is 16.1 Å². The van der Waals surface area contributed by atoms with Crippen LogP contribution in [0.3, 0.4) is 0 Å². The highest BCUT2D eigenvalue weighted by Crippen LogP contribution is 2.18. The van der Waals surface area contributed by atoms with Gasteiger partial charge in [-0.05, 0) is 66.2 Å². The molecule has 0 saturated carbocycles. The first kappa shape index (κ1) is 19.0. The monoisotopic (exact) mass is 431 g/mol. The molecule has 0 bridgehead atoms. The van der Waals surface area contributed by atoms with Crippen LogP contribution in [0.4, 0.5) is 0 Å². The zero-order chi connectivity index (χ0) is 19.4. The lowest BCUT2D eigenvalue weighted by molar-refractivity contribution is -0.136. The lowest BCUT2D eigenvalue weighted by Gasteiger charge is -2.07. The lowest BCUT2D eigenvalue weighted by Crippen LogP contribution is -2.13. The number of esters is 1. The van der Waals surface area contributed by atoms with Crippen LogP contribution in [0.5, 0.6) is 0 Å². The molecule has 0 unspecified atom stereocenters. The largest absolute Gasteiger partial charge is 0.467 e. The lowest BCUT2D eigenvalue weighted by atomic mass is 10.1. The number of hydrogen-bond donors (Lipinski definition) is 0. The fourth-order valence-corrected chi connectivity index (χ4v) is 3.03.